The van der Waals surface area contributed by atoms with Crippen molar-refractivity contribution in [2.45, 2.75) is 149 Å². The number of nitrogens with one attached hydrogen (secondary N) is 4. The fraction of sp³-hybridized carbons (Fsp3) is 0.444. The van der Waals surface area contributed by atoms with E-state index in [1.807, 2.05) is 48.6 Å². The molecule has 0 spiro atoms. The molecular weight excluding hydrogens is 1360 g/mol. The van der Waals surface area contributed by atoms with E-state index >= 15 is 0 Å². The summed E-state index contributed by atoms with van der Waals surface area (Å²) >= 11 is 0. The van der Waals surface area contributed by atoms with Crippen LogP contribution in [-0.2, 0) is 38.4 Å². The number of amides is 4. The van der Waals surface area contributed by atoms with Gasteiger partial charge in [0.25, 0.3) is 0 Å². The Balaban J connectivity index is 1.14. The molecule has 104 heavy (non-hydrogen) atoms. The first-order chi connectivity index (χ1) is 49.7. The van der Waals surface area contributed by atoms with Gasteiger partial charge in [0.05, 0.1) is 51.4 Å². The fourth-order valence-corrected chi connectivity index (χ4v) is 14.4. The Labute approximate surface area is 596 Å². The molecule has 4 aromatic rings. The van der Waals surface area contributed by atoms with Crippen LogP contribution >= 0.6 is 0 Å². The number of benzene rings is 4. The van der Waals surface area contributed by atoms with Crippen LogP contribution in [0.5, 0.6) is 23.0 Å². The summed E-state index contributed by atoms with van der Waals surface area (Å²) in [6.45, 7) is -2.71. The van der Waals surface area contributed by atoms with Crippen LogP contribution in [0.4, 0.5) is 19.2 Å². The maximum absolute atomic E-state index is 13.9. The molecule has 5 heterocycles. The lowest BCUT2D eigenvalue weighted by Crippen LogP contribution is -2.52. The lowest BCUT2D eigenvalue weighted by atomic mass is 9.83. The number of fused-ring (bicyclic) bond motifs is 8. The number of nitrogens with zero attached hydrogens (tertiary/aromatic N) is 4. The highest BCUT2D eigenvalue weighted by Gasteiger charge is 2.48. The summed E-state index contributed by atoms with van der Waals surface area (Å²) in [5.74, 6) is -11.4. The molecule has 5 aliphatic rings. The largest absolute Gasteiger partial charge is 0.481 e. The minimum Gasteiger partial charge on any atom is -0.481 e. The van der Waals surface area contributed by atoms with Crippen molar-refractivity contribution >= 4 is 72.1 Å². The number of aliphatic carboxylic acids is 8. The number of carboxylic acids is 8. The monoisotopic (exact) mass is 1440 g/mol. The number of hydrogen-bond donors (Lipinski definition) is 12. The number of ether oxygens (including phenoxy) is 4. The van der Waals surface area contributed by atoms with Crippen molar-refractivity contribution in [3.63, 3.8) is 0 Å². The average Bonchev–Trinajstić information content (AvgIpc) is 1.61. The van der Waals surface area contributed by atoms with Gasteiger partial charge in [-0.3, -0.25) is 38.4 Å². The quantitative estimate of drug-likeness (QED) is 0.0243. The first kappa shape index (κ1) is 77.2. The van der Waals surface area contributed by atoms with E-state index in [4.69, 9.17) is 18.9 Å². The Morgan fingerprint density at radius 3 is 0.644 bits per heavy atom. The molecule has 12 unspecified atom stereocenters. The van der Waals surface area contributed by atoms with Crippen LogP contribution in [0, 0.1) is 0 Å². The second-order valence-electron chi connectivity index (χ2n) is 26.1. The predicted molar refractivity (Wildman–Crippen MR) is 365 cm³/mol. The third kappa shape index (κ3) is 21.6. The van der Waals surface area contributed by atoms with Gasteiger partial charge in [-0.2, -0.15) is 0 Å². The zero-order valence-electron chi connectivity index (χ0n) is 56.5. The van der Waals surface area contributed by atoms with E-state index in [-0.39, 0.29) is 75.4 Å². The Kier molecular flexibility index (Phi) is 26.9. The highest BCUT2D eigenvalue weighted by atomic mass is 16.6. The SMILES string of the molecule is O=C(O)CCN(CCC(=O)O)C(=O)Oc1cccc(C2C3C=CC(N3)C(c3cccc(OC(=O)N(CCC(=O)O)CCC(=O)O)c3)C3CCC(N3)C(c3cccc(OC(=O)N(CCC(=O)O)CCC(=O)O)c3)C3C=CC(N3)C(c3cccc(OC(=O)N(CCC(=O)O)CCC(=O)O)c3)C3CCC2N3)c1. The fourth-order valence-electron chi connectivity index (χ4n) is 14.4. The normalized spacial score (nSPS) is 22.8. The summed E-state index contributed by atoms with van der Waals surface area (Å²) in [5, 5.41) is 92.0. The molecule has 0 saturated carbocycles. The molecule has 12 atom stereocenters. The minimum atomic E-state index is -1.22. The van der Waals surface area contributed by atoms with Gasteiger partial charge in [-0.05, 0) is 96.5 Å². The third-order valence-corrected chi connectivity index (χ3v) is 19.1. The molecule has 4 aromatic carbocycles. The van der Waals surface area contributed by atoms with Crippen molar-refractivity contribution in [2.75, 3.05) is 52.4 Å². The molecule has 5 aliphatic heterocycles. The van der Waals surface area contributed by atoms with Crippen LogP contribution in [0.15, 0.2) is 121 Å². The van der Waals surface area contributed by atoms with Crippen molar-refractivity contribution < 1.29 is 117 Å². The summed E-state index contributed by atoms with van der Waals surface area (Å²) in [6, 6.07) is 23.6. The molecule has 3 fully saturated rings. The highest BCUT2D eigenvalue weighted by Crippen LogP contribution is 2.45. The topological polar surface area (TPSA) is 465 Å². The number of carboxylic acid groups (broad SMARTS) is 8. The Morgan fingerprint density at radius 2 is 0.471 bits per heavy atom. The smallest absolute Gasteiger partial charge is 0.415 e. The van der Waals surface area contributed by atoms with Crippen LogP contribution in [-0.4, -0.2) is 233 Å². The van der Waals surface area contributed by atoms with Gasteiger partial charge in [-0.15, -0.1) is 0 Å². The molecule has 0 aromatic heterocycles. The molecule has 4 amide bonds. The van der Waals surface area contributed by atoms with Gasteiger partial charge in [0.1, 0.15) is 23.0 Å². The van der Waals surface area contributed by atoms with Gasteiger partial charge in [0.15, 0.2) is 0 Å². The van der Waals surface area contributed by atoms with E-state index < -0.39 is 196 Å². The predicted octanol–water partition coefficient (Wildman–Crippen LogP) is 6.17. The second-order valence-corrected chi connectivity index (χ2v) is 26.1. The zero-order chi connectivity index (χ0) is 74.7. The molecule has 8 bridgehead atoms. The summed E-state index contributed by atoms with van der Waals surface area (Å²) in [4.78, 5) is 153. The summed E-state index contributed by atoms with van der Waals surface area (Å²) in [5.41, 5.74) is 2.74. The summed E-state index contributed by atoms with van der Waals surface area (Å²) in [6.07, 6.45) is 2.49. The van der Waals surface area contributed by atoms with Crippen LogP contribution in [0.25, 0.3) is 0 Å². The van der Waals surface area contributed by atoms with Gasteiger partial charge in [0.2, 0.25) is 0 Å². The molecule has 0 aliphatic carbocycles. The second kappa shape index (κ2) is 36.3. The lowest BCUT2D eigenvalue weighted by molar-refractivity contribution is -0.139. The van der Waals surface area contributed by atoms with Crippen molar-refractivity contribution in [3.05, 3.63) is 144 Å². The van der Waals surface area contributed by atoms with Crippen molar-refractivity contribution in [1.82, 2.24) is 40.9 Å². The molecule has 556 valence electrons. The van der Waals surface area contributed by atoms with E-state index in [1.165, 1.54) is 0 Å². The summed E-state index contributed by atoms with van der Waals surface area (Å²) in [7, 11) is 0. The molecular formula is C72H84N8O24. The first-order valence-electron chi connectivity index (χ1n) is 34.2. The van der Waals surface area contributed by atoms with E-state index in [0.29, 0.717) is 47.9 Å². The molecule has 12 N–H and O–H groups in total. The number of hydrogen-bond acceptors (Lipinski definition) is 20. The van der Waals surface area contributed by atoms with E-state index in [1.54, 1.807) is 72.8 Å². The van der Waals surface area contributed by atoms with Crippen LogP contribution in [0.3, 0.4) is 0 Å². The van der Waals surface area contributed by atoms with Crippen molar-refractivity contribution in [2.24, 2.45) is 0 Å². The maximum Gasteiger partial charge on any atom is 0.415 e. The van der Waals surface area contributed by atoms with Gasteiger partial charge in [-0.1, -0.05) is 72.8 Å². The van der Waals surface area contributed by atoms with E-state index in [9.17, 15) is 98.4 Å². The average molecular weight is 1450 g/mol. The van der Waals surface area contributed by atoms with E-state index in [0.717, 1.165) is 19.6 Å². The standard InChI is InChI=1S/C72H84N8O24/c81-57(82)21-29-77(30-22-58(83)84)69(97)101-45-9-1-5-41(37-45)65-49-13-15-51(73-49)66(42-6-2-10-46(38-42)102-70(98)78(31-23-59(85)86)32-24-60(87)88)53-17-19-55(75-53)68(44-8-4-12-48(40-44)104-72(100)80(35-27-63(93)94)36-28-64(95)96)56-20-18-54(76-56)67(52-16-14-50(65)74-52)43-7-3-11-47(39-43)103-71(99)79(33-25-61(89)90)34-26-62(91)92/h1-13,15,18,20,37-40,49-56,65-68,73-76H,14,16-17,19,21-36H2,(H,81,82)(H,83,84)(H,85,86)(H,87,88)(H,89,90)(H,91,92)(H,93,94)(H,95,96). The molecule has 32 heteroatoms. The Morgan fingerprint density at radius 1 is 0.288 bits per heavy atom. The minimum absolute atomic E-state index is 0.0741. The van der Waals surface area contributed by atoms with Gasteiger partial charge in [-0.25, -0.2) is 19.2 Å². The zero-order valence-corrected chi connectivity index (χ0v) is 56.5. The Hall–Kier alpha value is -11.0. The summed E-state index contributed by atoms with van der Waals surface area (Å²) < 4.78 is 23.7. The van der Waals surface area contributed by atoms with Gasteiger partial charge in [0, 0.05) is 124 Å². The maximum atomic E-state index is 13.9. The van der Waals surface area contributed by atoms with Crippen LogP contribution in [0.2, 0.25) is 0 Å². The van der Waals surface area contributed by atoms with Crippen molar-refractivity contribution in [1.29, 1.82) is 0 Å². The molecule has 3 saturated heterocycles. The first-order valence-corrected chi connectivity index (χ1v) is 34.2. The number of rotatable bonds is 32. The third-order valence-electron chi connectivity index (χ3n) is 19.1. The van der Waals surface area contributed by atoms with Gasteiger partial charge >= 0.3 is 72.1 Å². The highest BCUT2D eigenvalue weighted by molar-refractivity contribution is 5.77. The Bertz CT molecular complexity index is 3330. The van der Waals surface area contributed by atoms with Crippen LogP contribution < -0.4 is 40.2 Å². The van der Waals surface area contributed by atoms with Crippen molar-refractivity contribution in [3.8, 4) is 23.0 Å². The lowest BCUT2D eigenvalue weighted by Gasteiger charge is -2.38. The molecule has 32 nitrogen and oxygen atoms in total. The van der Waals surface area contributed by atoms with Gasteiger partial charge < -0.3 is 101 Å². The van der Waals surface area contributed by atoms with Crippen LogP contribution in [0.1, 0.15) is 123 Å². The van der Waals surface area contributed by atoms with E-state index in [2.05, 4.69) is 21.3 Å². The number of carbonyl (C=O) groups is 12. The number of carbonyl (C=O) groups excluding carboxylic acids is 4. The molecule has 0 radical (unpaired) electrons. The molecule has 9 rings (SSSR count).